The van der Waals surface area contributed by atoms with Gasteiger partial charge in [-0.3, -0.25) is 4.79 Å². The Labute approximate surface area is 139 Å². The SMILES string of the molecule is CC1(O)C(O)Nc2nc3nc([C@H]4O[C@H](CO)[C@@H](O)[C@H]4O)[nH]c3c(=O)n21. The first-order valence-electron chi connectivity index (χ1n) is 7.58. The molecule has 0 saturated carbocycles. The molecule has 0 radical (unpaired) electrons. The van der Waals surface area contributed by atoms with Crippen LogP contribution < -0.4 is 10.9 Å². The summed E-state index contributed by atoms with van der Waals surface area (Å²) in [5, 5.41) is 51.6. The molecule has 12 heteroatoms. The lowest BCUT2D eigenvalue weighted by Gasteiger charge is -2.21. The number of hydrogen-bond acceptors (Lipinski definition) is 10. The monoisotopic (exact) mass is 355 g/mol. The number of fused-ring (bicyclic) bond motifs is 2. The molecular formula is C13H17N5O7. The van der Waals surface area contributed by atoms with Gasteiger partial charge in [0.1, 0.15) is 30.2 Å². The zero-order valence-electron chi connectivity index (χ0n) is 13.0. The van der Waals surface area contributed by atoms with Gasteiger partial charge in [0, 0.05) is 0 Å². The van der Waals surface area contributed by atoms with Crippen LogP contribution in [0.5, 0.6) is 0 Å². The van der Waals surface area contributed by atoms with E-state index in [9.17, 15) is 25.2 Å². The lowest BCUT2D eigenvalue weighted by molar-refractivity contribution is -0.0946. The molecule has 4 rings (SSSR count). The Balaban J connectivity index is 1.81. The molecule has 0 amide bonds. The lowest BCUT2D eigenvalue weighted by Crippen LogP contribution is -2.43. The van der Waals surface area contributed by atoms with Crippen molar-refractivity contribution in [3.8, 4) is 0 Å². The molecule has 12 nitrogen and oxygen atoms in total. The number of imidazole rings is 1. The number of ether oxygens (including phenoxy) is 1. The minimum absolute atomic E-state index is 0.0126. The molecule has 4 heterocycles. The maximum absolute atomic E-state index is 12.6. The summed E-state index contributed by atoms with van der Waals surface area (Å²) in [6.07, 6.45) is -6.14. The second-order valence-corrected chi connectivity index (χ2v) is 6.30. The van der Waals surface area contributed by atoms with Crippen molar-refractivity contribution in [3.05, 3.63) is 16.2 Å². The molecule has 0 bridgehead atoms. The summed E-state index contributed by atoms with van der Waals surface area (Å²) in [6, 6.07) is 0. The Morgan fingerprint density at radius 2 is 2.00 bits per heavy atom. The summed E-state index contributed by atoms with van der Waals surface area (Å²) >= 11 is 0. The number of aliphatic hydroxyl groups excluding tert-OH is 4. The van der Waals surface area contributed by atoms with E-state index in [-0.39, 0.29) is 22.9 Å². The number of H-pyrrole nitrogens is 1. The van der Waals surface area contributed by atoms with Crippen LogP contribution >= 0.6 is 0 Å². The first-order valence-corrected chi connectivity index (χ1v) is 7.58. The number of aliphatic hydroxyl groups is 5. The van der Waals surface area contributed by atoms with E-state index in [1.54, 1.807) is 0 Å². The van der Waals surface area contributed by atoms with Gasteiger partial charge in [-0.15, -0.1) is 0 Å². The quantitative estimate of drug-likeness (QED) is 0.287. The van der Waals surface area contributed by atoms with Crippen LogP contribution in [0.3, 0.4) is 0 Å². The Bertz CT molecular complexity index is 893. The fraction of sp³-hybridized carbons (Fsp3) is 0.615. The van der Waals surface area contributed by atoms with Crippen LogP contribution in [0.2, 0.25) is 0 Å². The molecule has 1 fully saturated rings. The molecule has 0 spiro atoms. The molecule has 7 N–H and O–H groups in total. The van der Waals surface area contributed by atoms with Crippen LogP contribution in [-0.4, -0.2) is 76.2 Å². The first-order chi connectivity index (χ1) is 11.8. The van der Waals surface area contributed by atoms with E-state index in [4.69, 9.17) is 9.84 Å². The van der Waals surface area contributed by atoms with Crippen LogP contribution in [0, 0.1) is 0 Å². The van der Waals surface area contributed by atoms with Gasteiger partial charge in [-0.05, 0) is 6.92 Å². The maximum atomic E-state index is 12.6. The van der Waals surface area contributed by atoms with Gasteiger partial charge < -0.3 is 40.6 Å². The molecule has 2 aliphatic rings. The predicted octanol–water partition coefficient (Wildman–Crippen LogP) is -3.32. The molecule has 25 heavy (non-hydrogen) atoms. The highest BCUT2D eigenvalue weighted by Crippen LogP contribution is 2.33. The van der Waals surface area contributed by atoms with E-state index in [0.717, 1.165) is 4.57 Å². The van der Waals surface area contributed by atoms with E-state index in [1.807, 2.05) is 0 Å². The smallest absolute Gasteiger partial charge is 0.283 e. The normalized spacial score (nSPS) is 37.4. The first kappa shape index (κ1) is 16.4. The highest BCUT2D eigenvalue weighted by atomic mass is 16.6. The number of anilines is 1. The van der Waals surface area contributed by atoms with Crippen molar-refractivity contribution in [2.75, 3.05) is 11.9 Å². The Morgan fingerprint density at radius 3 is 2.64 bits per heavy atom. The number of rotatable bonds is 2. The Kier molecular flexibility index (Phi) is 3.41. The molecule has 1 saturated heterocycles. The third-order valence-electron chi connectivity index (χ3n) is 4.59. The number of aromatic nitrogens is 4. The summed E-state index contributed by atoms with van der Waals surface area (Å²) in [4.78, 5) is 23.5. The second-order valence-electron chi connectivity index (χ2n) is 6.30. The van der Waals surface area contributed by atoms with Crippen molar-refractivity contribution in [1.29, 1.82) is 0 Å². The van der Waals surface area contributed by atoms with E-state index < -0.39 is 48.5 Å². The molecular weight excluding hydrogens is 338 g/mol. The minimum Gasteiger partial charge on any atom is -0.394 e. The molecule has 2 aromatic rings. The highest BCUT2D eigenvalue weighted by molar-refractivity contribution is 5.71. The summed E-state index contributed by atoms with van der Waals surface area (Å²) in [5.74, 6) is -0.0132. The summed E-state index contributed by atoms with van der Waals surface area (Å²) in [7, 11) is 0. The molecule has 2 unspecified atom stereocenters. The lowest BCUT2D eigenvalue weighted by atomic mass is 10.1. The van der Waals surface area contributed by atoms with Crippen LogP contribution in [0.25, 0.3) is 11.2 Å². The zero-order valence-corrected chi connectivity index (χ0v) is 13.0. The zero-order chi connectivity index (χ0) is 18.1. The number of nitrogens with one attached hydrogen (secondary N) is 2. The largest absolute Gasteiger partial charge is 0.394 e. The van der Waals surface area contributed by atoms with Crippen molar-refractivity contribution in [1.82, 2.24) is 19.5 Å². The summed E-state index contributed by atoms with van der Waals surface area (Å²) in [5.41, 5.74) is -2.66. The third kappa shape index (κ3) is 2.13. The molecule has 2 aromatic heterocycles. The molecule has 2 aliphatic heterocycles. The van der Waals surface area contributed by atoms with Crippen LogP contribution in [0.1, 0.15) is 18.9 Å². The Morgan fingerprint density at radius 1 is 1.28 bits per heavy atom. The topological polar surface area (TPSA) is 186 Å². The molecule has 136 valence electrons. The number of hydrogen-bond donors (Lipinski definition) is 7. The van der Waals surface area contributed by atoms with Crippen LogP contribution in [0.15, 0.2) is 4.79 Å². The van der Waals surface area contributed by atoms with Gasteiger partial charge in [-0.25, -0.2) is 9.55 Å². The van der Waals surface area contributed by atoms with Crippen molar-refractivity contribution in [3.63, 3.8) is 0 Å². The van der Waals surface area contributed by atoms with E-state index in [1.165, 1.54) is 6.92 Å². The van der Waals surface area contributed by atoms with Gasteiger partial charge in [0.05, 0.1) is 6.61 Å². The number of nitrogens with zero attached hydrogens (tertiary/aromatic N) is 3. The van der Waals surface area contributed by atoms with Crippen molar-refractivity contribution in [2.45, 2.75) is 43.3 Å². The maximum Gasteiger partial charge on any atom is 0.283 e. The van der Waals surface area contributed by atoms with E-state index >= 15 is 0 Å². The van der Waals surface area contributed by atoms with Gasteiger partial charge in [-0.1, -0.05) is 0 Å². The highest BCUT2D eigenvalue weighted by Gasteiger charge is 2.46. The van der Waals surface area contributed by atoms with Crippen molar-refractivity contribution in [2.24, 2.45) is 0 Å². The van der Waals surface area contributed by atoms with E-state index in [0.29, 0.717) is 0 Å². The Hall–Kier alpha value is -2.09. The van der Waals surface area contributed by atoms with Crippen molar-refractivity contribution >= 4 is 17.1 Å². The average molecular weight is 355 g/mol. The van der Waals surface area contributed by atoms with Gasteiger partial charge in [-0.2, -0.15) is 4.98 Å². The average Bonchev–Trinajstić information content (AvgIpc) is 3.16. The van der Waals surface area contributed by atoms with Crippen LogP contribution in [-0.2, 0) is 10.5 Å². The predicted molar refractivity (Wildman–Crippen MR) is 80.4 cm³/mol. The summed E-state index contributed by atoms with van der Waals surface area (Å²) in [6.45, 7) is 0.758. The molecule has 6 atom stereocenters. The fourth-order valence-corrected chi connectivity index (χ4v) is 3.13. The van der Waals surface area contributed by atoms with E-state index in [2.05, 4.69) is 20.3 Å². The minimum atomic E-state index is -1.90. The van der Waals surface area contributed by atoms with Crippen LogP contribution in [0.4, 0.5) is 5.95 Å². The van der Waals surface area contributed by atoms with Crippen molar-refractivity contribution < 1.29 is 30.3 Å². The number of aromatic amines is 1. The molecule has 0 aromatic carbocycles. The summed E-state index contributed by atoms with van der Waals surface area (Å²) < 4.78 is 6.25. The second kappa shape index (κ2) is 5.20. The molecule has 0 aliphatic carbocycles. The van der Waals surface area contributed by atoms with Gasteiger partial charge >= 0.3 is 0 Å². The third-order valence-corrected chi connectivity index (χ3v) is 4.59. The van der Waals surface area contributed by atoms with Gasteiger partial charge in [0.2, 0.25) is 5.95 Å². The fourth-order valence-electron chi connectivity index (χ4n) is 3.13. The van der Waals surface area contributed by atoms with Gasteiger partial charge in [0.15, 0.2) is 23.1 Å². The van der Waals surface area contributed by atoms with Gasteiger partial charge in [0.25, 0.3) is 5.56 Å². The standard InChI is InChI=1S/C13H17N5O7/c1-13(24)11(23)17-12-16-8-4(10(22)18(12)13)14-9(15-8)7-6(21)5(20)3(2-19)25-7/h3,5-7,11,19-21,23-24H,2H2,1H3,(H,14,15)(H,16,17)/t3-,5-,6-,7+,11?,13?/m1/s1.